The molecule has 5 heteroatoms. The molecule has 104 valence electrons. The Hall–Kier alpha value is -0.580. The first-order valence-corrected chi connectivity index (χ1v) is 6.83. The van der Waals surface area contributed by atoms with Gasteiger partial charge in [0.25, 0.3) is 0 Å². The fraction of sp³-hybridized carbons (Fsp3) is 0.769. The van der Waals surface area contributed by atoms with Gasteiger partial charge in [-0.05, 0) is 13.3 Å². The SMILES string of the molecule is CCCCCC(C)(O)c1c(Cl)cnn1CCOC. The van der Waals surface area contributed by atoms with Crippen molar-refractivity contribution in [3.05, 3.63) is 16.9 Å². The summed E-state index contributed by atoms with van der Waals surface area (Å²) in [6, 6.07) is 0. The van der Waals surface area contributed by atoms with E-state index in [4.69, 9.17) is 16.3 Å². The average Bonchev–Trinajstić information content (AvgIpc) is 2.68. The molecule has 1 rings (SSSR count). The number of rotatable bonds is 8. The third-order valence-corrected chi connectivity index (χ3v) is 3.36. The second-order valence-corrected chi connectivity index (χ2v) is 5.20. The third kappa shape index (κ3) is 3.97. The number of methoxy groups -OCH3 is 1. The topological polar surface area (TPSA) is 47.3 Å². The lowest BCUT2D eigenvalue weighted by Crippen LogP contribution is -2.27. The molecule has 0 aliphatic heterocycles. The van der Waals surface area contributed by atoms with Crippen LogP contribution in [0.2, 0.25) is 5.02 Å². The number of nitrogens with zero attached hydrogens (tertiary/aromatic N) is 2. The molecule has 1 N–H and O–H groups in total. The predicted molar refractivity (Wildman–Crippen MR) is 72.8 cm³/mol. The lowest BCUT2D eigenvalue weighted by Gasteiger charge is -2.25. The maximum atomic E-state index is 10.6. The van der Waals surface area contributed by atoms with Crippen molar-refractivity contribution < 1.29 is 9.84 Å². The smallest absolute Gasteiger partial charge is 0.105 e. The molecular formula is C13H23ClN2O2. The van der Waals surface area contributed by atoms with Crippen LogP contribution >= 0.6 is 11.6 Å². The molecule has 1 aromatic rings. The van der Waals surface area contributed by atoms with E-state index < -0.39 is 5.60 Å². The molecule has 0 bridgehead atoms. The first-order valence-electron chi connectivity index (χ1n) is 6.46. The molecule has 1 unspecified atom stereocenters. The number of unbranched alkanes of at least 4 members (excludes halogenated alkanes) is 2. The van der Waals surface area contributed by atoms with Gasteiger partial charge < -0.3 is 9.84 Å². The first-order chi connectivity index (χ1) is 8.53. The Morgan fingerprint density at radius 2 is 2.22 bits per heavy atom. The lowest BCUT2D eigenvalue weighted by atomic mass is 9.94. The zero-order chi connectivity index (χ0) is 13.6. The molecule has 0 saturated carbocycles. The van der Waals surface area contributed by atoms with Gasteiger partial charge in [-0.15, -0.1) is 0 Å². The molecule has 1 atom stereocenters. The highest BCUT2D eigenvalue weighted by Crippen LogP contribution is 2.32. The van der Waals surface area contributed by atoms with Crippen LogP contribution in [-0.2, 0) is 16.9 Å². The number of hydrogen-bond donors (Lipinski definition) is 1. The predicted octanol–water partition coefficient (Wildman–Crippen LogP) is 2.97. The highest BCUT2D eigenvalue weighted by atomic mass is 35.5. The van der Waals surface area contributed by atoms with Crippen LogP contribution in [0.5, 0.6) is 0 Å². The number of aromatic nitrogens is 2. The van der Waals surface area contributed by atoms with Gasteiger partial charge in [0.05, 0.1) is 30.1 Å². The van der Waals surface area contributed by atoms with Gasteiger partial charge in [-0.1, -0.05) is 37.8 Å². The molecule has 0 aliphatic rings. The maximum absolute atomic E-state index is 10.6. The van der Waals surface area contributed by atoms with Crippen LogP contribution in [0.1, 0.15) is 45.2 Å². The Morgan fingerprint density at radius 1 is 1.50 bits per heavy atom. The Kier molecular flexibility index (Phi) is 6.12. The summed E-state index contributed by atoms with van der Waals surface area (Å²) in [6.45, 7) is 5.10. The average molecular weight is 275 g/mol. The van der Waals surface area contributed by atoms with E-state index in [0.717, 1.165) is 19.3 Å². The Labute approximate surface area is 114 Å². The van der Waals surface area contributed by atoms with E-state index in [1.165, 1.54) is 0 Å². The van der Waals surface area contributed by atoms with Crippen LogP contribution in [0, 0.1) is 0 Å². The minimum atomic E-state index is -0.934. The van der Waals surface area contributed by atoms with Crippen molar-refractivity contribution in [1.29, 1.82) is 0 Å². The third-order valence-electron chi connectivity index (χ3n) is 3.08. The van der Waals surface area contributed by atoms with Crippen molar-refractivity contribution in [2.75, 3.05) is 13.7 Å². The van der Waals surface area contributed by atoms with E-state index in [1.807, 2.05) is 0 Å². The van der Waals surface area contributed by atoms with Crippen LogP contribution in [0.25, 0.3) is 0 Å². The molecule has 0 spiro atoms. The van der Waals surface area contributed by atoms with Gasteiger partial charge in [-0.25, -0.2) is 0 Å². The molecular weight excluding hydrogens is 252 g/mol. The summed E-state index contributed by atoms with van der Waals surface area (Å²) in [7, 11) is 1.64. The van der Waals surface area contributed by atoms with Crippen LogP contribution in [0.4, 0.5) is 0 Å². The van der Waals surface area contributed by atoms with Crippen molar-refractivity contribution in [3.8, 4) is 0 Å². The van der Waals surface area contributed by atoms with E-state index in [2.05, 4.69) is 12.0 Å². The monoisotopic (exact) mass is 274 g/mol. The Bertz CT molecular complexity index is 364. The van der Waals surface area contributed by atoms with Crippen molar-refractivity contribution >= 4 is 11.6 Å². The molecule has 0 aliphatic carbocycles. The highest BCUT2D eigenvalue weighted by molar-refractivity contribution is 6.31. The number of hydrogen-bond acceptors (Lipinski definition) is 3. The largest absolute Gasteiger partial charge is 0.384 e. The van der Waals surface area contributed by atoms with Crippen LogP contribution in [0.3, 0.4) is 0 Å². The minimum absolute atomic E-state index is 0.521. The van der Waals surface area contributed by atoms with Gasteiger partial charge in [0.1, 0.15) is 5.60 Å². The molecule has 0 saturated heterocycles. The quantitative estimate of drug-likeness (QED) is 0.742. The van der Waals surface area contributed by atoms with Gasteiger partial charge in [-0.3, -0.25) is 4.68 Å². The van der Waals surface area contributed by atoms with Crippen LogP contribution in [0.15, 0.2) is 6.20 Å². The summed E-state index contributed by atoms with van der Waals surface area (Å²) in [6.07, 6.45) is 5.50. The fourth-order valence-corrected chi connectivity index (χ4v) is 2.43. The lowest BCUT2D eigenvalue weighted by molar-refractivity contribution is 0.0342. The normalized spacial score (nSPS) is 14.7. The molecule has 18 heavy (non-hydrogen) atoms. The van der Waals surface area contributed by atoms with Crippen molar-refractivity contribution in [1.82, 2.24) is 9.78 Å². The standard InChI is InChI=1S/C13H23ClN2O2/c1-4-5-6-7-13(2,17)12-11(14)10-15-16(12)8-9-18-3/h10,17H,4-9H2,1-3H3. The number of aliphatic hydroxyl groups is 1. The van der Waals surface area contributed by atoms with E-state index in [-0.39, 0.29) is 0 Å². The molecule has 0 radical (unpaired) electrons. The van der Waals surface area contributed by atoms with E-state index in [9.17, 15) is 5.11 Å². The molecule has 4 nitrogen and oxygen atoms in total. The molecule has 0 amide bonds. The molecule has 1 aromatic heterocycles. The van der Waals surface area contributed by atoms with Gasteiger partial charge in [0, 0.05) is 7.11 Å². The summed E-state index contributed by atoms with van der Waals surface area (Å²) < 4.78 is 6.77. The summed E-state index contributed by atoms with van der Waals surface area (Å²) in [5, 5.41) is 15.3. The van der Waals surface area contributed by atoms with Crippen molar-refractivity contribution in [3.63, 3.8) is 0 Å². The maximum Gasteiger partial charge on any atom is 0.105 e. The van der Waals surface area contributed by atoms with Crippen molar-refractivity contribution in [2.45, 2.75) is 51.7 Å². The first kappa shape index (κ1) is 15.5. The van der Waals surface area contributed by atoms with Crippen LogP contribution < -0.4 is 0 Å². The molecule has 0 aromatic carbocycles. The van der Waals surface area contributed by atoms with Gasteiger partial charge >= 0.3 is 0 Å². The summed E-state index contributed by atoms with van der Waals surface area (Å²) in [5.41, 5.74) is -0.242. The molecule has 1 heterocycles. The highest BCUT2D eigenvalue weighted by Gasteiger charge is 2.29. The second-order valence-electron chi connectivity index (χ2n) is 4.79. The number of halogens is 1. The summed E-state index contributed by atoms with van der Waals surface area (Å²) in [4.78, 5) is 0. The van der Waals surface area contributed by atoms with E-state index in [1.54, 1.807) is 24.9 Å². The minimum Gasteiger partial charge on any atom is -0.384 e. The van der Waals surface area contributed by atoms with Gasteiger partial charge in [0.2, 0.25) is 0 Å². The summed E-state index contributed by atoms with van der Waals surface area (Å²) in [5.74, 6) is 0. The number of ether oxygens (including phenoxy) is 1. The van der Waals surface area contributed by atoms with Gasteiger partial charge in [0.15, 0.2) is 0 Å². The van der Waals surface area contributed by atoms with E-state index >= 15 is 0 Å². The van der Waals surface area contributed by atoms with E-state index in [0.29, 0.717) is 30.3 Å². The van der Waals surface area contributed by atoms with Crippen LogP contribution in [-0.4, -0.2) is 28.6 Å². The zero-order valence-electron chi connectivity index (χ0n) is 11.4. The Balaban J connectivity index is 2.81. The Morgan fingerprint density at radius 3 is 2.83 bits per heavy atom. The summed E-state index contributed by atoms with van der Waals surface area (Å²) >= 11 is 6.14. The van der Waals surface area contributed by atoms with Crippen molar-refractivity contribution in [2.24, 2.45) is 0 Å². The van der Waals surface area contributed by atoms with Gasteiger partial charge in [-0.2, -0.15) is 5.10 Å². The fourth-order valence-electron chi connectivity index (χ4n) is 2.08. The molecule has 0 fully saturated rings. The zero-order valence-corrected chi connectivity index (χ0v) is 12.2. The second kappa shape index (κ2) is 7.12.